The number of rotatable bonds is 5. The van der Waals surface area contributed by atoms with E-state index in [0.717, 1.165) is 24.9 Å². The number of phenolic OH excluding ortho intramolecular Hbond substituents is 2. The first-order valence-corrected chi connectivity index (χ1v) is 5.40. The average Bonchev–Trinajstić information content (AvgIpc) is 2.17. The van der Waals surface area contributed by atoms with Crippen LogP contribution in [0.2, 0.25) is 0 Å². The summed E-state index contributed by atoms with van der Waals surface area (Å²) in [5, 5.41) is 22.1. The van der Waals surface area contributed by atoms with E-state index in [9.17, 15) is 5.11 Å². The van der Waals surface area contributed by atoms with Gasteiger partial charge in [-0.25, -0.2) is 0 Å². The second-order valence-electron chi connectivity index (χ2n) is 3.77. The van der Waals surface area contributed by atoms with Crippen LogP contribution in [0.4, 0.5) is 0 Å². The maximum absolute atomic E-state index is 9.62. The third-order valence-corrected chi connectivity index (χ3v) is 2.46. The molecular formula is C12H19NO2. The summed E-state index contributed by atoms with van der Waals surface area (Å²) in [6.45, 7) is 5.09. The molecule has 1 unspecified atom stereocenters. The predicted octanol–water partition coefficient (Wildman–Crippen LogP) is 2.55. The molecule has 0 saturated heterocycles. The average molecular weight is 209 g/mol. The quantitative estimate of drug-likeness (QED) is 0.653. The Morgan fingerprint density at radius 2 is 2.07 bits per heavy atom. The highest BCUT2D eigenvalue weighted by atomic mass is 16.3. The van der Waals surface area contributed by atoms with Crippen LogP contribution in [-0.2, 0) is 0 Å². The first-order chi connectivity index (χ1) is 7.15. The highest BCUT2D eigenvalue weighted by Crippen LogP contribution is 2.27. The Kier molecular flexibility index (Phi) is 4.43. The molecule has 15 heavy (non-hydrogen) atoms. The Morgan fingerprint density at radius 3 is 2.67 bits per heavy atom. The van der Waals surface area contributed by atoms with Gasteiger partial charge in [-0.15, -0.1) is 0 Å². The zero-order valence-electron chi connectivity index (χ0n) is 9.33. The van der Waals surface area contributed by atoms with E-state index < -0.39 is 0 Å². The monoisotopic (exact) mass is 209 g/mol. The van der Waals surface area contributed by atoms with E-state index in [2.05, 4.69) is 12.2 Å². The third-order valence-electron chi connectivity index (χ3n) is 2.46. The van der Waals surface area contributed by atoms with Gasteiger partial charge in [0.25, 0.3) is 0 Å². The molecule has 1 rings (SSSR count). The molecule has 1 atom stereocenters. The Bertz CT molecular complexity index is 312. The molecule has 0 aliphatic carbocycles. The second kappa shape index (κ2) is 5.61. The van der Waals surface area contributed by atoms with E-state index in [4.69, 9.17) is 5.11 Å². The molecule has 0 bridgehead atoms. The van der Waals surface area contributed by atoms with Crippen molar-refractivity contribution in [3.05, 3.63) is 23.8 Å². The SMILES string of the molecule is CCCCNC(C)c1ccc(O)cc1O. The summed E-state index contributed by atoms with van der Waals surface area (Å²) in [5.74, 6) is 0.239. The fraction of sp³-hybridized carbons (Fsp3) is 0.500. The minimum Gasteiger partial charge on any atom is -0.508 e. The largest absolute Gasteiger partial charge is 0.508 e. The second-order valence-corrected chi connectivity index (χ2v) is 3.77. The van der Waals surface area contributed by atoms with Gasteiger partial charge in [-0.2, -0.15) is 0 Å². The number of unbranched alkanes of at least 4 members (excludes halogenated alkanes) is 1. The Labute approximate surface area is 90.8 Å². The third kappa shape index (κ3) is 3.44. The van der Waals surface area contributed by atoms with E-state index in [-0.39, 0.29) is 17.5 Å². The molecule has 0 aliphatic heterocycles. The Balaban J connectivity index is 2.61. The minimum atomic E-state index is 0.0945. The van der Waals surface area contributed by atoms with E-state index in [0.29, 0.717) is 0 Å². The molecule has 1 aromatic rings. The summed E-state index contributed by atoms with van der Waals surface area (Å²) < 4.78 is 0. The summed E-state index contributed by atoms with van der Waals surface area (Å²) in [4.78, 5) is 0. The molecular weight excluding hydrogens is 190 g/mol. The smallest absolute Gasteiger partial charge is 0.124 e. The summed E-state index contributed by atoms with van der Waals surface area (Å²) in [7, 11) is 0. The molecule has 0 spiro atoms. The molecule has 0 saturated carbocycles. The van der Waals surface area contributed by atoms with E-state index in [1.165, 1.54) is 6.07 Å². The maximum Gasteiger partial charge on any atom is 0.124 e. The summed E-state index contributed by atoms with van der Waals surface area (Å²) in [6.07, 6.45) is 2.28. The molecule has 0 aromatic heterocycles. The van der Waals surface area contributed by atoms with E-state index >= 15 is 0 Å². The molecule has 0 aliphatic rings. The van der Waals surface area contributed by atoms with Crippen molar-refractivity contribution in [1.29, 1.82) is 0 Å². The first kappa shape index (κ1) is 11.9. The van der Waals surface area contributed by atoms with Crippen LogP contribution < -0.4 is 5.32 Å². The fourth-order valence-corrected chi connectivity index (χ4v) is 1.50. The summed E-state index contributed by atoms with van der Waals surface area (Å²) in [6, 6.07) is 4.81. The van der Waals surface area contributed by atoms with Crippen LogP contribution in [-0.4, -0.2) is 16.8 Å². The molecule has 0 radical (unpaired) electrons. The molecule has 3 nitrogen and oxygen atoms in total. The van der Waals surface area contributed by atoms with Crippen molar-refractivity contribution in [3.63, 3.8) is 0 Å². The Morgan fingerprint density at radius 1 is 1.33 bits per heavy atom. The van der Waals surface area contributed by atoms with Crippen molar-refractivity contribution in [2.24, 2.45) is 0 Å². The predicted molar refractivity (Wildman–Crippen MR) is 61.1 cm³/mol. The molecule has 0 amide bonds. The van der Waals surface area contributed by atoms with Gasteiger partial charge in [0.2, 0.25) is 0 Å². The number of hydrogen-bond donors (Lipinski definition) is 3. The van der Waals surface area contributed by atoms with Gasteiger partial charge in [0, 0.05) is 17.7 Å². The van der Waals surface area contributed by atoms with E-state index in [1.807, 2.05) is 6.92 Å². The lowest BCUT2D eigenvalue weighted by Gasteiger charge is -2.15. The number of phenols is 2. The van der Waals surface area contributed by atoms with Crippen molar-refractivity contribution in [1.82, 2.24) is 5.32 Å². The molecule has 1 aromatic carbocycles. The lowest BCUT2D eigenvalue weighted by molar-refractivity contribution is 0.435. The number of benzene rings is 1. The van der Waals surface area contributed by atoms with Gasteiger partial charge in [-0.1, -0.05) is 19.4 Å². The van der Waals surface area contributed by atoms with Crippen molar-refractivity contribution < 1.29 is 10.2 Å². The molecule has 0 heterocycles. The van der Waals surface area contributed by atoms with Crippen LogP contribution >= 0.6 is 0 Å². The normalized spacial score (nSPS) is 12.7. The Hall–Kier alpha value is -1.22. The summed E-state index contributed by atoms with van der Waals surface area (Å²) in [5.41, 5.74) is 0.823. The highest BCUT2D eigenvalue weighted by molar-refractivity contribution is 5.40. The maximum atomic E-state index is 9.62. The van der Waals surface area contributed by atoms with Gasteiger partial charge in [0.1, 0.15) is 11.5 Å². The van der Waals surface area contributed by atoms with Gasteiger partial charge < -0.3 is 15.5 Å². The van der Waals surface area contributed by atoms with Crippen molar-refractivity contribution in [3.8, 4) is 11.5 Å². The topological polar surface area (TPSA) is 52.5 Å². The van der Waals surface area contributed by atoms with Gasteiger partial charge in [0.05, 0.1) is 0 Å². The zero-order valence-corrected chi connectivity index (χ0v) is 9.33. The van der Waals surface area contributed by atoms with E-state index in [1.54, 1.807) is 12.1 Å². The van der Waals surface area contributed by atoms with Crippen LogP contribution in [0.3, 0.4) is 0 Å². The van der Waals surface area contributed by atoms with Gasteiger partial charge in [-0.3, -0.25) is 0 Å². The highest BCUT2D eigenvalue weighted by Gasteiger charge is 2.09. The van der Waals surface area contributed by atoms with Crippen LogP contribution in [0.5, 0.6) is 11.5 Å². The van der Waals surface area contributed by atoms with Crippen LogP contribution in [0.25, 0.3) is 0 Å². The van der Waals surface area contributed by atoms with Crippen molar-refractivity contribution in [2.75, 3.05) is 6.54 Å². The fourth-order valence-electron chi connectivity index (χ4n) is 1.50. The van der Waals surface area contributed by atoms with Crippen LogP contribution in [0.15, 0.2) is 18.2 Å². The zero-order chi connectivity index (χ0) is 11.3. The first-order valence-electron chi connectivity index (χ1n) is 5.40. The number of hydrogen-bond acceptors (Lipinski definition) is 3. The molecule has 0 fully saturated rings. The standard InChI is InChI=1S/C12H19NO2/c1-3-4-7-13-9(2)11-6-5-10(14)8-12(11)15/h5-6,8-9,13-15H,3-4,7H2,1-2H3. The van der Waals surface area contributed by atoms with Crippen molar-refractivity contribution in [2.45, 2.75) is 32.7 Å². The number of nitrogens with one attached hydrogen (secondary N) is 1. The van der Waals surface area contributed by atoms with Gasteiger partial charge in [-0.05, 0) is 26.0 Å². The molecule has 84 valence electrons. The summed E-state index contributed by atoms with van der Waals surface area (Å²) >= 11 is 0. The van der Waals surface area contributed by atoms with Crippen LogP contribution in [0.1, 0.15) is 38.3 Å². The lowest BCUT2D eigenvalue weighted by Crippen LogP contribution is -2.19. The van der Waals surface area contributed by atoms with Gasteiger partial charge >= 0.3 is 0 Å². The number of aromatic hydroxyl groups is 2. The molecule has 3 N–H and O–H groups in total. The van der Waals surface area contributed by atoms with Crippen molar-refractivity contribution >= 4 is 0 Å². The van der Waals surface area contributed by atoms with Crippen LogP contribution in [0, 0.1) is 0 Å². The molecule has 3 heteroatoms. The minimum absolute atomic E-state index is 0.0945. The van der Waals surface area contributed by atoms with Gasteiger partial charge in [0.15, 0.2) is 0 Å². The lowest BCUT2D eigenvalue weighted by atomic mass is 10.1.